The minimum Gasteiger partial charge on any atom is -0.342 e. The van der Waals surface area contributed by atoms with Crippen LogP contribution >= 0.6 is 0 Å². The maximum Gasteiger partial charge on any atom is 0.416 e. The van der Waals surface area contributed by atoms with Crippen LogP contribution in [0.1, 0.15) is 30.4 Å². The molecule has 1 aliphatic rings. The van der Waals surface area contributed by atoms with Crippen molar-refractivity contribution in [3.63, 3.8) is 0 Å². The molecule has 5 heteroatoms. The lowest BCUT2D eigenvalue weighted by molar-refractivity contribution is -0.137. The van der Waals surface area contributed by atoms with Crippen LogP contribution < -0.4 is 0 Å². The lowest BCUT2D eigenvalue weighted by atomic mass is 10.1. The topological polar surface area (TPSA) is 20.3 Å². The lowest BCUT2D eigenvalue weighted by Gasteiger charge is -2.26. The number of likely N-dealkylation sites (tertiary alicyclic amines) is 1. The van der Waals surface area contributed by atoms with Gasteiger partial charge in [0.25, 0.3) is 0 Å². The number of alkyl halides is 3. The average Bonchev–Trinajstić information content (AvgIpc) is 2.39. The third-order valence-electron chi connectivity index (χ3n) is 3.35. The Kier molecular flexibility index (Phi) is 4.12. The van der Waals surface area contributed by atoms with Crippen LogP contribution in [0, 0.1) is 0 Å². The van der Waals surface area contributed by atoms with Gasteiger partial charge in [-0.25, -0.2) is 0 Å². The van der Waals surface area contributed by atoms with E-state index in [1.54, 1.807) is 4.90 Å². The van der Waals surface area contributed by atoms with E-state index in [-0.39, 0.29) is 12.3 Å². The van der Waals surface area contributed by atoms with Crippen LogP contribution in [0.3, 0.4) is 0 Å². The Bertz CT molecular complexity index is 433. The molecule has 0 aromatic heterocycles. The molecule has 0 unspecified atom stereocenters. The molecule has 0 saturated carbocycles. The fraction of sp³-hybridized carbons (Fsp3) is 0.500. The van der Waals surface area contributed by atoms with Gasteiger partial charge in [0, 0.05) is 13.1 Å². The molecule has 2 nitrogen and oxygen atoms in total. The van der Waals surface area contributed by atoms with E-state index in [1.165, 1.54) is 12.1 Å². The Labute approximate surface area is 110 Å². The lowest BCUT2D eigenvalue weighted by Crippen LogP contribution is -2.36. The monoisotopic (exact) mass is 271 g/mol. The van der Waals surface area contributed by atoms with Gasteiger partial charge in [0.15, 0.2) is 0 Å². The molecule has 2 rings (SSSR count). The maximum atomic E-state index is 12.4. The highest BCUT2D eigenvalue weighted by Crippen LogP contribution is 2.29. The summed E-state index contributed by atoms with van der Waals surface area (Å²) < 4.78 is 37.2. The van der Waals surface area contributed by atoms with E-state index in [1.807, 2.05) is 0 Å². The molecule has 1 aromatic rings. The van der Waals surface area contributed by atoms with E-state index >= 15 is 0 Å². The van der Waals surface area contributed by atoms with Crippen LogP contribution in [-0.4, -0.2) is 23.9 Å². The van der Waals surface area contributed by atoms with Gasteiger partial charge >= 0.3 is 6.18 Å². The second-order valence-electron chi connectivity index (χ2n) is 4.81. The SMILES string of the molecule is O=C(Cc1ccc(C(F)(F)F)cc1)N1CCCCC1. The van der Waals surface area contributed by atoms with Crippen molar-refractivity contribution in [2.75, 3.05) is 13.1 Å². The summed E-state index contributed by atoms with van der Waals surface area (Å²) in [7, 11) is 0. The number of carbonyl (C=O) groups is 1. The first kappa shape index (κ1) is 13.9. The van der Waals surface area contributed by atoms with Gasteiger partial charge in [0.05, 0.1) is 12.0 Å². The number of halogens is 3. The van der Waals surface area contributed by atoms with Gasteiger partial charge in [-0.3, -0.25) is 4.79 Å². The zero-order chi connectivity index (χ0) is 13.9. The van der Waals surface area contributed by atoms with Crippen molar-refractivity contribution >= 4 is 5.91 Å². The molecular weight excluding hydrogens is 255 g/mol. The van der Waals surface area contributed by atoms with Crippen molar-refractivity contribution in [3.05, 3.63) is 35.4 Å². The van der Waals surface area contributed by atoms with E-state index in [0.717, 1.165) is 44.5 Å². The molecule has 1 aliphatic heterocycles. The third-order valence-corrected chi connectivity index (χ3v) is 3.35. The van der Waals surface area contributed by atoms with Gasteiger partial charge < -0.3 is 4.90 Å². The highest BCUT2D eigenvalue weighted by atomic mass is 19.4. The molecule has 19 heavy (non-hydrogen) atoms. The first-order valence-electron chi connectivity index (χ1n) is 6.41. The van der Waals surface area contributed by atoms with Crippen LogP contribution in [0.2, 0.25) is 0 Å². The molecule has 1 aromatic carbocycles. The minimum atomic E-state index is -4.32. The van der Waals surface area contributed by atoms with Crippen molar-refractivity contribution in [2.45, 2.75) is 31.9 Å². The number of hydrogen-bond acceptors (Lipinski definition) is 1. The molecule has 1 heterocycles. The molecule has 104 valence electrons. The molecule has 0 aliphatic carbocycles. The van der Waals surface area contributed by atoms with Gasteiger partial charge in [-0.2, -0.15) is 13.2 Å². The van der Waals surface area contributed by atoms with Crippen molar-refractivity contribution in [1.29, 1.82) is 0 Å². The normalized spacial score (nSPS) is 16.5. The van der Waals surface area contributed by atoms with Gasteiger partial charge in [-0.1, -0.05) is 12.1 Å². The van der Waals surface area contributed by atoms with Crippen molar-refractivity contribution in [1.82, 2.24) is 4.90 Å². The smallest absolute Gasteiger partial charge is 0.342 e. The van der Waals surface area contributed by atoms with E-state index in [2.05, 4.69) is 0 Å². The summed E-state index contributed by atoms with van der Waals surface area (Å²) in [6.07, 6.45) is -0.977. The zero-order valence-electron chi connectivity index (χ0n) is 10.5. The predicted octanol–water partition coefficient (Wildman–Crippen LogP) is 3.26. The van der Waals surface area contributed by atoms with Crippen LogP contribution in [0.15, 0.2) is 24.3 Å². The molecule has 0 spiro atoms. The summed E-state index contributed by atoms with van der Waals surface area (Å²) in [5.74, 6) is -0.000501. The number of benzene rings is 1. The largest absolute Gasteiger partial charge is 0.416 e. The summed E-state index contributed by atoms with van der Waals surface area (Å²) in [5.41, 5.74) is -0.0507. The molecule has 0 atom stereocenters. The van der Waals surface area contributed by atoms with Gasteiger partial charge in [-0.05, 0) is 37.0 Å². The summed E-state index contributed by atoms with van der Waals surface area (Å²) >= 11 is 0. The molecule has 1 saturated heterocycles. The van der Waals surface area contributed by atoms with Crippen LogP contribution in [-0.2, 0) is 17.4 Å². The molecule has 0 radical (unpaired) electrons. The average molecular weight is 271 g/mol. The second-order valence-corrected chi connectivity index (χ2v) is 4.81. The van der Waals surface area contributed by atoms with Crippen molar-refractivity contribution in [2.24, 2.45) is 0 Å². The number of carbonyl (C=O) groups excluding carboxylic acids is 1. The van der Waals surface area contributed by atoms with Gasteiger partial charge in [0.2, 0.25) is 5.91 Å². The molecule has 0 N–H and O–H groups in total. The van der Waals surface area contributed by atoms with Crippen molar-refractivity contribution in [3.8, 4) is 0 Å². The first-order valence-corrected chi connectivity index (χ1v) is 6.41. The zero-order valence-corrected chi connectivity index (χ0v) is 10.5. The van der Waals surface area contributed by atoms with E-state index in [9.17, 15) is 18.0 Å². The van der Waals surface area contributed by atoms with Crippen LogP contribution in [0.4, 0.5) is 13.2 Å². The number of nitrogens with zero attached hydrogens (tertiary/aromatic N) is 1. The second kappa shape index (κ2) is 5.63. The third kappa shape index (κ3) is 3.72. The van der Waals surface area contributed by atoms with Crippen LogP contribution in [0.5, 0.6) is 0 Å². The molecule has 0 bridgehead atoms. The fourth-order valence-electron chi connectivity index (χ4n) is 2.24. The van der Waals surface area contributed by atoms with Gasteiger partial charge in [-0.15, -0.1) is 0 Å². The Morgan fingerprint density at radius 3 is 2.16 bits per heavy atom. The van der Waals surface area contributed by atoms with E-state index in [0.29, 0.717) is 5.56 Å². The Hall–Kier alpha value is -1.52. The molecular formula is C14H16F3NO. The Balaban J connectivity index is 1.97. The Morgan fingerprint density at radius 2 is 1.63 bits per heavy atom. The molecule has 1 amide bonds. The van der Waals surface area contributed by atoms with E-state index < -0.39 is 11.7 Å². The number of amides is 1. The van der Waals surface area contributed by atoms with Gasteiger partial charge in [0.1, 0.15) is 0 Å². The maximum absolute atomic E-state index is 12.4. The number of rotatable bonds is 2. The highest BCUT2D eigenvalue weighted by molar-refractivity contribution is 5.78. The first-order chi connectivity index (χ1) is 8.97. The summed E-state index contributed by atoms with van der Waals surface area (Å²) in [6.45, 7) is 1.53. The quantitative estimate of drug-likeness (QED) is 0.808. The summed E-state index contributed by atoms with van der Waals surface area (Å²) in [6, 6.07) is 4.81. The molecule has 1 fully saturated rings. The van der Waals surface area contributed by atoms with Crippen molar-refractivity contribution < 1.29 is 18.0 Å². The number of piperidine rings is 1. The standard InChI is InChI=1S/C14H16F3NO/c15-14(16,17)12-6-4-11(5-7-12)10-13(19)18-8-2-1-3-9-18/h4-7H,1-3,8-10H2. The summed E-state index contributed by atoms with van der Waals surface area (Å²) in [5, 5.41) is 0. The summed E-state index contributed by atoms with van der Waals surface area (Å²) in [4.78, 5) is 13.7. The number of hydrogen-bond donors (Lipinski definition) is 0. The van der Waals surface area contributed by atoms with E-state index in [4.69, 9.17) is 0 Å². The fourth-order valence-corrected chi connectivity index (χ4v) is 2.24. The predicted molar refractivity (Wildman–Crippen MR) is 65.6 cm³/mol. The Morgan fingerprint density at radius 1 is 1.05 bits per heavy atom. The van der Waals surface area contributed by atoms with Crippen LogP contribution in [0.25, 0.3) is 0 Å². The minimum absolute atomic E-state index is 0.000501. The highest BCUT2D eigenvalue weighted by Gasteiger charge is 2.30.